The molecule has 1 rings (SSSR count). The Bertz CT molecular complexity index is 491. The molecule has 0 saturated heterocycles. The van der Waals surface area contributed by atoms with Gasteiger partial charge in [0.05, 0.1) is 7.11 Å². The molecule has 0 bridgehead atoms. The van der Waals surface area contributed by atoms with Crippen LogP contribution in [0.5, 0.6) is 0 Å². The highest BCUT2D eigenvalue weighted by atomic mass is 16.5. The molecule has 0 fully saturated rings. The van der Waals surface area contributed by atoms with Crippen molar-refractivity contribution in [2.45, 2.75) is 63.8 Å². The average Bonchev–Trinajstić information content (AvgIpc) is 2.65. The Balaban J connectivity index is 1.93. The SMILES string of the molecule is COC(=O)CCCCCCCCCCNC(=O)[C@H](N)c1ccccc1. The highest BCUT2D eigenvalue weighted by Crippen LogP contribution is 2.11. The summed E-state index contributed by atoms with van der Waals surface area (Å²) < 4.78 is 4.61. The van der Waals surface area contributed by atoms with E-state index in [4.69, 9.17) is 5.73 Å². The summed E-state index contributed by atoms with van der Waals surface area (Å²) in [6.07, 6.45) is 9.38. The van der Waals surface area contributed by atoms with Crippen molar-refractivity contribution in [3.8, 4) is 0 Å². The molecule has 0 aliphatic heterocycles. The first-order valence-electron chi connectivity index (χ1n) is 9.30. The number of esters is 1. The lowest BCUT2D eigenvalue weighted by atomic mass is 10.1. The molecule has 0 aliphatic rings. The number of hydrogen-bond donors (Lipinski definition) is 2. The van der Waals surface area contributed by atoms with E-state index in [2.05, 4.69) is 10.1 Å². The third-order valence-electron chi connectivity index (χ3n) is 4.28. The Hall–Kier alpha value is -1.88. The predicted molar refractivity (Wildman–Crippen MR) is 99.9 cm³/mol. The molecule has 0 saturated carbocycles. The number of methoxy groups -OCH3 is 1. The maximum absolute atomic E-state index is 12.0. The van der Waals surface area contributed by atoms with E-state index in [-0.39, 0.29) is 11.9 Å². The molecule has 5 heteroatoms. The molecule has 0 unspecified atom stereocenters. The molecule has 1 aromatic carbocycles. The number of hydrogen-bond acceptors (Lipinski definition) is 4. The number of unbranched alkanes of at least 4 members (excludes halogenated alkanes) is 7. The van der Waals surface area contributed by atoms with Gasteiger partial charge in [0.1, 0.15) is 6.04 Å². The minimum atomic E-state index is -0.591. The monoisotopic (exact) mass is 348 g/mol. The van der Waals surface area contributed by atoms with Gasteiger partial charge >= 0.3 is 5.97 Å². The fraction of sp³-hybridized carbons (Fsp3) is 0.600. The highest BCUT2D eigenvalue weighted by molar-refractivity contribution is 5.82. The van der Waals surface area contributed by atoms with Gasteiger partial charge in [-0.05, 0) is 18.4 Å². The third kappa shape index (κ3) is 9.87. The minimum absolute atomic E-state index is 0.114. The normalized spacial score (nSPS) is 11.8. The number of ether oxygens (including phenoxy) is 1. The van der Waals surface area contributed by atoms with Gasteiger partial charge in [-0.3, -0.25) is 9.59 Å². The van der Waals surface area contributed by atoms with Crippen LogP contribution in [0.2, 0.25) is 0 Å². The maximum atomic E-state index is 12.0. The largest absolute Gasteiger partial charge is 0.469 e. The van der Waals surface area contributed by atoms with Crippen molar-refractivity contribution >= 4 is 11.9 Å². The van der Waals surface area contributed by atoms with E-state index in [1.165, 1.54) is 32.8 Å². The van der Waals surface area contributed by atoms with Crippen molar-refractivity contribution in [1.82, 2.24) is 5.32 Å². The molecule has 1 amide bonds. The third-order valence-corrected chi connectivity index (χ3v) is 4.28. The first-order valence-corrected chi connectivity index (χ1v) is 9.30. The zero-order valence-electron chi connectivity index (χ0n) is 15.3. The second kappa shape index (κ2) is 13.4. The van der Waals surface area contributed by atoms with Crippen LogP contribution in [0.4, 0.5) is 0 Å². The number of nitrogens with two attached hydrogens (primary N) is 1. The molecule has 140 valence electrons. The van der Waals surface area contributed by atoms with Crippen molar-refractivity contribution < 1.29 is 14.3 Å². The smallest absolute Gasteiger partial charge is 0.305 e. The van der Waals surface area contributed by atoms with Gasteiger partial charge in [-0.25, -0.2) is 0 Å². The van der Waals surface area contributed by atoms with E-state index in [0.29, 0.717) is 13.0 Å². The predicted octanol–water partition coefficient (Wildman–Crippen LogP) is 3.49. The summed E-state index contributed by atoms with van der Waals surface area (Å²) in [5, 5.41) is 2.91. The Kier molecular flexibility index (Phi) is 11.4. The van der Waals surface area contributed by atoms with Gasteiger partial charge in [0.15, 0.2) is 0 Å². The lowest BCUT2D eigenvalue weighted by molar-refractivity contribution is -0.140. The lowest BCUT2D eigenvalue weighted by Crippen LogP contribution is -2.34. The molecule has 25 heavy (non-hydrogen) atoms. The maximum Gasteiger partial charge on any atom is 0.305 e. The van der Waals surface area contributed by atoms with Crippen LogP contribution in [0.25, 0.3) is 0 Å². The zero-order valence-corrected chi connectivity index (χ0v) is 15.3. The fourth-order valence-corrected chi connectivity index (χ4v) is 2.69. The second-order valence-corrected chi connectivity index (χ2v) is 6.33. The summed E-state index contributed by atoms with van der Waals surface area (Å²) in [6.45, 7) is 0.679. The van der Waals surface area contributed by atoms with Gasteiger partial charge in [0.25, 0.3) is 0 Å². The van der Waals surface area contributed by atoms with Crippen LogP contribution in [0.1, 0.15) is 69.4 Å². The Morgan fingerprint density at radius 1 is 0.960 bits per heavy atom. The first kappa shape index (κ1) is 21.2. The molecule has 0 aliphatic carbocycles. The van der Waals surface area contributed by atoms with E-state index < -0.39 is 6.04 Å². The van der Waals surface area contributed by atoms with Gasteiger partial charge in [-0.2, -0.15) is 0 Å². The van der Waals surface area contributed by atoms with Gasteiger partial charge in [0.2, 0.25) is 5.91 Å². The molecular weight excluding hydrogens is 316 g/mol. The summed E-state index contributed by atoms with van der Waals surface area (Å²) in [7, 11) is 1.43. The molecule has 0 radical (unpaired) electrons. The molecule has 0 aromatic heterocycles. The van der Waals surface area contributed by atoms with E-state index >= 15 is 0 Å². The number of amides is 1. The second-order valence-electron chi connectivity index (χ2n) is 6.33. The summed E-state index contributed by atoms with van der Waals surface area (Å²) >= 11 is 0. The van der Waals surface area contributed by atoms with Crippen LogP contribution in [-0.4, -0.2) is 25.5 Å². The molecule has 0 spiro atoms. The summed E-state index contributed by atoms with van der Waals surface area (Å²) in [5.41, 5.74) is 6.79. The Morgan fingerprint density at radius 3 is 2.12 bits per heavy atom. The van der Waals surface area contributed by atoms with Crippen LogP contribution < -0.4 is 11.1 Å². The summed E-state index contributed by atoms with van der Waals surface area (Å²) in [5.74, 6) is -0.231. The number of nitrogens with one attached hydrogen (secondary N) is 1. The topological polar surface area (TPSA) is 81.4 Å². The van der Waals surface area contributed by atoms with E-state index in [0.717, 1.165) is 31.2 Å². The number of carbonyl (C=O) groups excluding carboxylic acids is 2. The molecule has 1 atom stereocenters. The van der Waals surface area contributed by atoms with Crippen molar-refractivity contribution in [1.29, 1.82) is 0 Å². The van der Waals surface area contributed by atoms with E-state index in [1.807, 2.05) is 30.3 Å². The van der Waals surface area contributed by atoms with Crippen LogP contribution in [0.15, 0.2) is 30.3 Å². The van der Waals surface area contributed by atoms with Crippen LogP contribution >= 0.6 is 0 Å². The van der Waals surface area contributed by atoms with Crippen LogP contribution in [-0.2, 0) is 14.3 Å². The van der Waals surface area contributed by atoms with Crippen molar-refractivity contribution in [3.05, 3.63) is 35.9 Å². The van der Waals surface area contributed by atoms with Gasteiger partial charge in [-0.15, -0.1) is 0 Å². The molecular formula is C20H32N2O3. The van der Waals surface area contributed by atoms with Gasteiger partial charge < -0.3 is 15.8 Å². The van der Waals surface area contributed by atoms with Crippen LogP contribution in [0.3, 0.4) is 0 Å². The van der Waals surface area contributed by atoms with Gasteiger partial charge in [0, 0.05) is 13.0 Å². The Labute approximate surface area is 151 Å². The summed E-state index contributed by atoms with van der Waals surface area (Å²) in [6, 6.07) is 8.83. The first-order chi connectivity index (χ1) is 12.1. The van der Waals surface area contributed by atoms with E-state index in [1.54, 1.807) is 0 Å². The molecule has 5 nitrogen and oxygen atoms in total. The Morgan fingerprint density at radius 2 is 1.52 bits per heavy atom. The standard InChI is InChI=1S/C20H32N2O3/c1-25-18(23)15-11-6-4-2-3-5-7-12-16-22-20(24)19(21)17-13-9-8-10-14-17/h8-10,13-14,19H,2-7,11-12,15-16,21H2,1H3,(H,22,24)/t19-/m1/s1. The zero-order chi connectivity index (χ0) is 18.3. The van der Waals surface area contributed by atoms with Crippen molar-refractivity contribution in [2.24, 2.45) is 5.73 Å². The fourth-order valence-electron chi connectivity index (χ4n) is 2.69. The van der Waals surface area contributed by atoms with Crippen molar-refractivity contribution in [3.63, 3.8) is 0 Å². The van der Waals surface area contributed by atoms with E-state index in [9.17, 15) is 9.59 Å². The van der Waals surface area contributed by atoms with Gasteiger partial charge in [-0.1, -0.05) is 68.9 Å². The molecule has 0 heterocycles. The quantitative estimate of drug-likeness (QED) is 0.422. The average molecular weight is 348 g/mol. The number of benzene rings is 1. The lowest BCUT2D eigenvalue weighted by Gasteiger charge is -2.12. The number of rotatable bonds is 13. The molecule has 3 N–H and O–H groups in total. The summed E-state index contributed by atoms with van der Waals surface area (Å²) in [4.78, 5) is 22.9. The highest BCUT2D eigenvalue weighted by Gasteiger charge is 2.14. The molecule has 1 aromatic rings. The van der Waals surface area contributed by atoms with Crippen LogP contribution in [0, 0.1) is 0 Å². The van der Waals surface area contributed by atoms with Crippen molar-refractivity contribution in [2.75, 3.05) is 13.7 Å². The number of carbonyl (C=O) groups is 2. The minimum Gasteiger partial charge on any atom is -0.469 e.